The molecular weight excluding hydrogens is 318 g/mol. The van der Waals surface area contributed by atoms with Gasteiger partial charge in [-0.25, -0.2) is 0 Å². The number of likely N-dealkylation sites (tertiary alicyclic amines) is 1. The molecule has 6 nitrogen and oxygen atoms in total. The molecule has 0 radical (unpaired) electrons. The molecule has 136 valence electrons. The van der Waals surface area contributed by atoms with Crippen molar-refractivity contribution in [2.24, 2.45) is 0 Å². The van der Waals surface area contributed by atoms with Crippen LogP contribution in [0.2, 0.25) is 0 Å². The van der Waals surface area contributed by atoms with Crippen molar-refractivity contribution in [1.82, 2.24) is 10.2 Å². The van der Waals surface area contributed by atoms with E-state index >= 15 is 0 Å². The van der Waals surface area contributed by atoms with Crippen molar-refractivity contribution < 1.29 is 14.4 Å². The molecule has 1 saturated heterocycles. The third kappa shape index (κ3) is 6.57. The number of anilines is 1. The SMILES string of the molecule is CCc1cccc(NC(=O)CCC(=O)NCCCN2CCCC2=O)c1. The van der Waals surface area contributed by atoms with Crippen LogP contribution in [-0.2, 0) is 20.8 Å². The highest BCUT2D eigenvalue weighted by molar-refractivity contribution is 5.93. The molecule has 0 spiro atoms. The van der Waals surface area contributed by atoms with Crippen molar-refractivity contribution in [3.05, 3.63) is 29.8 Å². The summed E-state index contributed by atoms with van der Waals surface area (Å²) in [7, 11) is 0. The maximum absolute atomic E-state index is 11.9. The fourth-order valence-electron chi connectivity index (χ4n) is 2.85. The summed E-state index contributed by atoms with van der Waals surface area (Å²) in [6.45, 7) is 4.10. The van der Waals surface area contributed by atoms with Crippen LogP contribution in [0.3, 0.4) is 0 Å². The minimum Gasteiger partial charge on any atom is -0.356 e. The lowest BCUT2D eigenvalue weighted by molar-refractivity contribution is -0.127. The van der Waals surface area contributed by atoms with Gasteiger partial charge in [-0.1, -0.05) is 19.1 Å². The highest BCUT2D eigenvalue weighted by Crippen LogP contribution is 2.12. The van der Waals surface area contributed by atoms with Crippen molar-refractivity contribution in [2.45, 2.75) is 45.4 Å². The van der Waals surface area contributed by atoms with Gasteiger partial charge in [0.15, 0.2) is 0 Å². The van der Waals surface area contributed by atoms with Crippen molar-refractivity contribution in [3.63, 3.8) is 0 Å². The molecule has 3 amide bonds. The van der Waals surface area contributed by atoms with E-state index in [1.165, 1.54) is 0 Å². The molecule has 1 heterocycles. The molecule has 25 heavy (non-hydrogen) atoms. The van der Waals surface area contributed by atoms with Crippen molar-refractivity contribution in [2.75, 3.05) is 25.0 Å². The molecule has 0 bridgehead atoms. The topological polar surface area (TPSA) is 78.5 Å². The summed E-state index contributed by atoms with van der Waals surface area (Å²) in [4.78, 5) is 37.0. The zero-order valence-electron chi connectivity index (χ0n) is 14.8. The minimum absolute atomic E-state index is 0.134. The summed E-state index contributed by atoms with van der Waals surface area (Å²) in [6.07, 6.45) is 3.56. The third-order valence-corrected chi connectivity index (χ3v) is 4.30. The van der Waals surface area contributed by atoms with Crippen LogP contribution in [0.1, 0.15) is 44.6 Å². The predicted octanol–water partition coefficient (Wildman–Crippen LogP) is 2.10. The Morgan fingerprint density at radius 2 is 2.00 bits per heavy atom. The largest absolute Gasteiger partial charge is 0.356 e. The van der Waals surface area contributed by atoms with Crippen LogP contribution < -0.4 is 10.6 Å². The number of nitrogens with zero attached hydrogens (tertiary/aromatic N) is 1. The number of amides is 3. The van der Waals surface area contributed by atoms with E-state index in [4.69, 9.17) is 0 Å². The molecule has 1 aliphatic rings. The van der Waals surface area contributed by atoms with Gasteiger partial charge >= 0.3 is 0 Å². The Bertz CT molecular complexity index is 616. The van der Waals surface area contributed by atoms with Crippen LogP contribution in [0.25, 0.3) is 0 Å². The molecule has 2 rings (SSSR count). The number of carbonyl (C=O) groups is 3. The van der Waals surface area contributed by atoms with E-state index < -0.39 is 0 Å². The number of nitrogens with one attached hydrogen (secondary N) is 2. The van der Waals surface area contributed by atoms with E-state index in [0.717, 1.165) is 37.1 Å². The monoisotopic (exact) mass is 345 g/mol. The highest BCUT2D eigenvalue weighted by Gasteiger charge is 2.19. The Labute approximate surface area is 149 Å². The van der Waals surface area contributed by atoms with E-state index in [1.807, 2.05) is 29.2 Å². The Morgan fingerprint density at radius 3 is 2.72 bits per heavy atom. The fraction of sp³-hybridized carbons (Fsp3) is 0.526. The number of aryl methyl sites for hydroxylation is 1. The first kappa shape index (κ1) is 19.0. The second-order valence-electron chi connectivity index (χ2n) is 6.29. The second kappa shape index (κ2) is 9.81. The molecule has 2 N–H and O–H groups in total. The number of hydrogen-bond acceptors (Lipinski definition) is 3. The second-order valence-corrected chi connectivity index (χ2v) is 6.29. The first-order chi connectivity index (χ1) is 12.1. The van der Waals surface area contributed by atoms with E-state index in [0.29, 0.717) is 19.5 Å². The molecule has 1 aliphatic heterocycles. The van der Waals surface area contributed by atoms with E-state index in [9.17, 15) is 14.4 Å². The molecule has 6 heteroatoms. The maximum Gasteiger partial charge on any atom is 0.224 e. The smallest absolute Gasteiger partial charge is 0.224 e. The predicted molar refractivity (Wildman–Crippen MR) is 97.1 cm³/mol. The molecule has 0 unspecified atom stereocenters. The number of rotatable bonds is 9. The summed E-state index contributed by atoms with van der Waals surface area (Å²) < 4.78 is 0. The van der Waals surface area contributed by atoms with Gasteiger partial charge in [0, 0.05) is 44.6 Å². The summed E-state index contributed by atoms with van der Waals surface area (Å²) in [6, 6.07) is 7.71. The van der Waals surface area contributed by atoms with Gasteiger partial charge in [0.05, 0.1) is 0 Å². The Hall–Kier alpha value is -2.37. The van der Waals surface area contributed by atoms with Gasteiger partial charge < -0.3 is 15.5 Å². The summed E-state index contributed by atoms with van der Waals surface area (Å²) >= 11 is 0. The van der Waals surface area contributed by atoms with Crippen LogP contribution in [0.5, 0.6) is 0 Å². The maximum atomic E-state index is 11.9. The molecule has 1 aromatic carbocycles. The molecular formula is C19H27N3O3. The van der Waals surface area contributed by atoms with Crippen molar-refractivity contribution in [1.29, 1.82) is 0 Å². The molecule has 1 aromatic rings. The normalized spacial score (nSPS) is 13.8. The summed E-state index contributed by atoms with van der Waals surface area (Å²) in [5, 5.41) is 5.62. The van der Waals surface area contributed by atoms with Crippen LogP contribution in [0.4, 0.5) is 5.69 Å². The molecule has 0 atom stereocenters. The first-order valence-electron chi connectivity index (χ1n) is 9.01. The zero-order valence-corrected chi connectivity index (χ0v) is 14.8. The molecule has 0 aliphatic carbocycles. The Balaban J connectivity index is 1.59. The first-order valence-corrected chi connectivity index (χ1v) is 9.01. The van der Waals surface area contributed by atoms with Crippen LogP contribution in [0.15, 0.2) is 24.3 Å². The third-order valence-electron chi connectivity index (χ3n) is 4.30. The fourth-order valence-corrected chi connectivity index (χ4v) is 2.85. The number of benzene rings is 1. The molecule has 0 saturated carbocycles. The van der Waals surface area contributed by atoms with Gasteiger partial charge in [0.2, 0.25) is 17.7 Å². The van der Waals surface area contributed by atoms with Gasteiger partial charge in [-0.2, -0.15) is 0 Å². The van der Waals surface area contributed by atoms with Gasteiger partial charge in [0.25, 0.3) is 0 Å². The van der Waals surface area contributed by atoms with E-state index in [2.05, 4.69) is 17.6 Å². The van der Waals surface area contributed by atoms with Crippen molar-refractivity contribution in [3.8, 4) is 0 Å². The van der Waals surface area contributed by atoms with Crippen LogP contribution in [-0.4, -0.2) is 42.3 Å². The lowest BCUT2D eigenvalue weighted by Crippen LogP contribution is -2.31. The summed E-state index contributed by atoms with van der Waals surface area (Å²) in [5.74, 6) is -0.0913. The van der Waals surface area contributed by atoms with E-state index in [-0.39, 0.29) is 30.6 Å². The average molecular weight is 345 g/mol. The number of hydrogen-bond donors (Lipinski definition) is 2. The number of carbonyl (C=O) groups excluding carboxylic acids is 3. The van der Waals surface area contributed by atoms with Gasteiger partial charge in [0.1, 0.15) is 0 Å². The standard InChI is InChI=1S/C19H27N3O3/c1-2-15-6-3-7-16(14-15)21-18(24)10-9-17(23)20-11-5-13-22-12-4-8-19(22)25/h3,6-7,14H,2,4-5,8-13H2,1H3,(H,20,23)(H,21,24). The average Bonchev–Trinajstić information content (AvgIpc) is 3.02. The Morgan fingerprint density at radius 1 is 1.20 bits per heavy atom. The summed E-state index contributed by atoms with van der Waals surface area (Å²) in [5.41, 5.74) is 1.92. The lowest BCUT2D eigenvalue weighted by Gasteiger charge is -2.15. The quantitative estimate of drug-likeness (QED) is 0.673. The highest BCUT2D eigenvalue weighted by atomic mass is 16.2. The van der Waals surface area contributed by atoms with Gasteiger partial charge in [-0.15, -0.1) is 0 Å². The van der Waals surface area contributed by atoms with Crippen LogP contribution >= 0.6 is 0 Å². The molecule has 0 aromatic heterocycles. The van der Waals surface area contributed by atoms with Gasteiger partial charge in [-0.05, 0) is 37.0 Å². The van der Waals surface area contributed by atoms with E-state index in [1.54, 1.807) is 0 Å². The lowest BCUT2D eigenvalue weighted by atomic mass is 10.1. The van der Waals surface area contributed by atoms with Crippen molar-refractivity contribution >= 4 is 23.4 Å². The minimum atomic E-state index is -0.161. The zero-order chi connectivity index (χ0) is 18.1. The van der Waals surface area contributed by atoms with Gasteiger partial charge in [-0.3, -0.25) is 14.4 Å². The van der Waals surface area contributed by atoms with Crippen LogP contribution in [0, 0.1) is 0 Å². The Kier molecular flexibility index (Phi) is 7.44. The molecule has 1 fully saturated rings.